The van der Waals surface area contributed by atoms with E-state index in [1.807, 2.05) is 0 Å². The highest BCUT2D eigenvalue weighted by molar-refractivity contribution is 4.85. The van der Waals surface area contributed by atoms with Crippen molar-refractivity contribution >= 4 is 0 Å². The Labute approximate surface area is 120 Å². The molecule has 1 N–H and O–H groups in total. The van der Waals surface area contributed by atoms with E-state index in [-0.39, 0.29) is 0 Å². The van der Waals surface area contributed by atoms with Gasteiger partial charge in [0.2, 0.25) is 0 Å². The lowest BCUT2D eigenvalue weighted by atomic mass is 9.81. The highest BCUT2D eigenvalue weighted by Crippen LogP contribution is 2.30. The van der Waals surface area contributed by atoms with Crippen molar-refractivity contribution in [3.63, 3.8) is 0 Å². The molecule has 1 aliphatic carbocycles. The third kappa shape index (κ3) is 6.27. The van der Waals surface area contributed by atoms with Gasteiger partial charge in [-0.3, -0.25) is 0 Å². The summed E-state index contributed by atoms with van der Waals surface area (Å²) in [5.41, 5.74) is 0. The molecule has 114 valence electrons. The summed E-state index contributed by atoms with van der Waals surface area (Å²) >= 11 is 0. The van der Waals surface area contributed by atoms with Crippen LogP contribution in [0, 0.1) is 11.8 Å². The van der Waals surface area contributed by atoms with Crippen molar-refractivity contribution in [2.45, 2.75) is 84.8 Å². The fraction of sp³-hybridized carbons (Fsp3) is 1.00. The van der Waals surface area contributed by atoms with Gasteiger partial charge in [-0.1, -0.05) is 47.0 Å². The lowest BCUT2D eigenvalue weighted by Crippen LogP contribution is -2.46. The highest BCUT2D eigenvalue weighted by Gasteiger charge is 2.30. The fourth-order valence-electron chi connectivity index (χ4n) is 3.43. The molecule has 4 atom stereocenters. The molecule has 2 heteroatoms. The van der Waals surface area contributed by atoms with E-state index in [9.17, 15) is 0 Å². The third-order valence-corrected chi connectivity index (χ3v) is 4.44. The van der Waals surface area contributed by atoms with Crippen LogP contribution in [-0.2, 0) is 4.74 Å². The van der Waals surface area contributed by atoms with E-state index in [0.29, 0.717) is 18.1 Å². The minimum Gasteiger partial charge on any atom is -0.376 e. The summed E-state index contributed by atoms with van der Waals surface area (Å²) in [7, 11) is 0. The lowest BCUT2D eigenvalue weighted by molar-refractivity contribution is -0.0250. The maximum absolute atomic E-state index is 6.28. The molecular formula is C17H35NO. The standard InChI is InChI=1S/C17H35NO/c1-5-8-14(4)13-19-17-12-15(9-6-2)10-11-16(17)18-7-3/h14-18H,5-13H2,1-4H3. The Kier molecular flexibility index (Phi) is 8.72. The molecule has 0 aromatic carbocycles. The van der Waals surface area contributed by atoms with Crippen molar-refractivity contribution < 1.29 is 4.74 Å². The number of hydrogen-bond acceptors (Lipinski definition) is 2. The average molecular weight is 269 g/mol. The number of ether oxygens (including phenoxy) is 1. The summed E-state index contributed by atoms with van der Waals surface area (Å²) in [5, 5.41) is 3.63. The predicted octanol–water partition coefficient (Wildman–Crippen LogP) is 4.39. The maximum atomic E-state index is 6.28. The molecule has 19 heavy (non-hydrogen) atoms. The van der Waals surface area contributed by atoms with E-state index in [4.69, 9.17) is 4.74 Å². The van der Waals surface area contributed by atoms with E-state index in [2.05, 4.69) is 33.0 Å². The van der Waals surface area contributed by atoms with Crippen LogP contribution in [0.4, 0.5) is 0 Å². The zero-order valence-electron chi connectivity index (χ0n) is 13.6. The number of hydrogen-bond donors (Lipinski definition) is 1. The molecule has 0 spiro atoms. The molecule has 0 aromatic rings. The summed E-state index contributed by atoms with van der Waals surface area (Å²) in [6, 6.07) is 0.590. The zero-order chi connectivity index (χ0) is 14.1. The third-order valence-electron chi connectivity index (χ3n) is 4.44. The van der Waals surface area contributed by atoms with Crippen LogP contribution in [0.5, 0.6) is 0 Å². The van der Waals surface area contributed by atoms with Crippen molar-refractivity contribution in [2.24, 2.45) is 11.8 Å². The number of nitrogens with one attached hydrogen (secondary N) is 1. The zero-order valence-corrected chi connectivity index (χ0v) is 13.6. The fourth-order valence-corrected chi connectivity index (χ4v) is 3.43. The molecule has 1 fully saturated rings. The SMILES string of the molecule is CCCC(C)COC1CC(CCC)CCC1NCC. The molecule has 0 amide bonds. The van der Waals surface area contributed by atoms with E-state index >= 15 is 0 Å². The first-order chi connectivity index (χ1) is 9.21. The van der Waals surface area contributed by atoms with Gasteiger partial charge in [-0.2, -0.15) is 0 Å². The molecule has 2 nitrogen and oxygen atoms in total. The van der Waals surface area contributed by atoms with Gasteiger partial charge < -0.3 is 10.1 Å². The Balaban J connectivity index is 2.41. The van der Waals surface area contributed by atoms with Gasteiger partial charge in [0.25, 0.3) is 0 Å². The van der Waals surface area contributed by atoms with Crippen LogP contribution < -0.4 is 5.32 Å². The molecule has 0 bridgehead atoms. The molecule has 0 aromatic heterocycles. The van der Waals surface area contributed by atoms with Gasteiger partial charge in [0.15, 0.2) is 0 Å². The van der Waals surface area contributed by atoms with Crippen molar-refractivity contribution in [2.75, 3.05) is 13.2 Å². The van der Waals surface area contributed by atoms with Crippen molar-refractivity contribution in [1.82, 2.24) is 5.32 Å². The van der Waals surface area contributed by atoms with Crippen molar-refractivity contribution in [1.29, 1.82) is 0 Å². The Hall–Kier alpha value is -0.0800. The first-order valence-electron chi connectivity index (χ1n) is 8.56. The quantitative estimate of drug-likeness (QED) is 0.670. The van der Waals surface area contributed by atoms with Crippen LogP contribution in [0.3, 0.4) is 0 Å². The Bertz CT molecular complexity index is 219. The van der Waals surface area contributed by atoms with Gasteiger partial charge >= 0.3 is 0 Å². The van der Waals surface area contributed by atoms with E-state index in [1.165, 1.54) is 44.9 Å². The molecule has 0 radical (unpaired) electrons. The Morgan fingerprint density at radius 2 is 1.95 bits per heavy atom. The topological polar surface area (TPSA) is 21.3 Å². The first-order valence-corrected chi connectivity index (χ1v) is 8.56. The number of rotatable bonds is 9. The molecule has 1 rings (SSSR count). The van der Waals surface area contributed by atoms with Gasteiger partial charge in [0.05, 0.1) is 6.10 Å². The first kappa shape index (κ1) is 17.0. The Morgan fingerprint density at radius 3 is 2.58 bits per heavy atom. The second-order valence-electron chi connectivity index (χ2n) is 6.40. The molecular weight excluding hydrogens is 234 g/mol. The van der Waals surface area contributed by atoms with Crippen molar-refractivity contribution in [3.8, 4) is 0 Å². The van der Waals surface area contributed by atoms with Crippen LogP contribution >= 0.6 is 0 Å². The van der Waals surface area contributed by atoms with E-state index in [1.54, 1.807) is 0 Å². The summed E-state index contributed by atoms with van der Waals surface area (Å²) in [4.78, 5) is 0. The van der Waals surface area contributed by atoms with Crippen LogP contribution in [-0.4, -0.2) is 25.3 Å². The van der Waals surface area contributed by atoms with Gasteiger partial charge in [0.1, 0.15) is 0 Å². The molecule has 1 aliphatic rings. The number of likely N-dealkylation sites (N-methyl/N-ethyl adjacent to an activating group) is 1. The average Bonchev–Trinajstić information content (AvgIpc) is 2.40. The second kappa shape index (κ2) is 9.77. The summed E-state index contributed by atoms with van der Waals surface area (Å²) in [5.74, 6) is 1.60. The van der Waals surface area contributed by atoms with Crippen LogP contribution in [0.15, 0.2) is 0 Å². The minimum atomic E-state index is 0.449. The summed E-state index contributed by atoms with van der Waals surface area (Å²) in [6.07, 6.45) is 9.65. The van der Waals surface area contributed by atoms with E-state index < -0.39 is 0 Å². The normalized spacial score (nSPS) is 29.4. The largest absolute Gasteiger partial charge is 0.376 e. The monoisotopic (exact) mass is 269 g/mol. The summed E-state index contributed by atoms with van der Waals surface area (Å²) < 4.78 is 6.28. The maximum Gasteiger partial charge on any atom is 0.0730 e. The van der Waals surface area contributed by atoms with Gasteiger partial charge in [-0.15, -0.1) is 0 Å². The second-order valence-corrected chi connectivity index (χ2v) is 6.40. The highest BCUT2D eigenvalue weighted by atomic mass is 16.5. The summed E-state index contributed by atoms with van der Waals surface area (Å²) in [6.45, 7) is 11.1. The van der Waals surface area contributed by atoms with Gasteiger partial charge in [-0.05, 0) is 44.1 Å². The Morgan fingerprint density at radius 1 is 1.16 bits per heavy atom. The lowest BCUT2D eigenvalue weighted by Gasteiger charge is -2.37. The predicted molar refractivity (Wildman–Crippen MR) is 83.5 cm³/mol. The van der Waals surface area contributed by atoms with Crippen molar-refractivity contribution in [3.05, 3.63) is 0 Å². The van der Waals surface area contributed by atoms with Crippen LogP contribution in [0.1, 0.15) is 72.6 Å². The molecule has 4 unspecified atom stereocenters. The van der Waals surface area contributed by atoms with E-state index in [0.717, 1.165) is 19.1 Å². The molecule has 1 saturated carbocycles. The van der Waals surface area contributed by atoms with Crippen LogP contribution in [0.2, 0.25) is 0 Å². The molecule has 0 aliphatic heterocycles. The van der Waals surface area contributed by atoms with Gasteiger partial charge in [-0.25, -0.2) is 0 Å². The molecule has 0 saturated heterocycles. The van der Waals surface area contributed by atoms with Crippen LogP contribution in [0.25, 0.3) is 0 Å². The smallest absolute Gasteiger partial charge is 0.0730 e. The minimum absolute atomic E-state index is 0.449. The van der Waals surface area contributed by atoms with Gasteiger partial charge in [0, 0.05) is 12.6 Å². The molecule has 0 heterocycles.